The molecule has 84 valence electrons. The fourth-order valence-electron chi connectivity index (χ4n) is 1.14. The molecule has 4 nitrogen and oxygen atoms in total. The summed E-state index contributed by atoms with van der Waals surface area (Å²) in [6, 6.07) is 7.20. The van der Waals surface area contributed by atoms with Crippen LogP contribution in [-0.2, 0) is 13.6 Å². The zero-order valence-electron chi connectivity index (χ0n) is 8.51. The van der Waals surface area contributed by atoms with Crippen molar-refractivity contribution in [3.63, 3.8) is 0 Å². The van der Waals surface area contributed by atoms with E-state index in [-0.39, 0.29) is 0 Å². The largest absolute Gasteiger partial charge is 0.351 e. The van der Waals surface area contributed by atoms with Crippen molar-refractivity contribution >= 4 is 23.5 Å². The molecule has 1 aromatic carbocycles. The predicted octanol–water partition coefficient (Wildman–Crippen LogP) is 2.89. The van der Waals surface area contributed by atoms with Crippen LogP contribution in [0.3, 0.4) is 0 Å². The topological polar surface area (TPSA) is 61.5 Å². The zero-order valence-corrected chi connectivity index (χ0v) is 11.0. The minimum Gasteiger partial charge on any atom is -0.314 e. The van der Waals surface area contributed by atoms with Crippen LogP contribution in [0.4, 0.5) is 0 Å². The van der Waals surface area contributed by atoms with Crippen LogP contribution in [0.25, 0.3) is 0 Å². The van der Waals surface area contributed by atoms with Gasteiger partial charge in [-0.2, -0.15) is 0 Å². The number of hydrogen-bond donors (Lipinski definition) is 1. The Morgan fingerprint density at radius 1 is 1.27 bits per heavy atom. The van der Waals surface area contributed by atoms with E-state index in [2.05, 4.69) is 15.9 Å². The van der Waals surface area contributed by atoms with Crippen molar-refractivity contribution in [1.82, 2.24) is 0 Å². The molecular formula is C9H13BrNO3P. The van der Waals surface area contributed by atoms with Gasteiger partial charge in [0.2, 0.25) is 0 Å². The molecular weight excluding hydrogens is 281 g/mol. The van der Waals surface area contributed by atoms with Gasteiger partial charge in [0.1, 0.15) is 5.78 Å². The summed E-state index contributed by atoms with van der Waals surface area (Å²) in [6.07, 6.45) is 0. The van der Waals surface area contributed by atoms with Gasteiger partial charge in [-0.05, 0) is 17.7 Å². The molecule has 0 aliphatic rings. The Balaban J connectivity index is 2.98. The minimum absolute atomic E-state index is 0.713. The van der Waals surface area contributed by atoms with E-state index in [0.29, 0.717) is 5.56 Å². The van der Waals surface area contributed by atoms with Gasteiger partial charge in [-0.15, -0.1) is 0 Å². The molecule has 0 bridgehead atoms. The SMILES string of the molecule is COP(=O)(OC)C(N)c1ccc(Br)cc1. The maximum atomic E-state index is 12.0. The Morgan fingerprint density at radius 3 is 2.13 bits per heavy atom. The first kappa shape index (κ1) is 12.9. The Kier molecular flexibility index (Phi) is 4.49. The molecule has 0 aliphatic heterocycles. The number of rotatable bonds is 4. The van der Waals surface area contributed by atoms with E-state index >= 15 is 0 Å². The lowest BCUT2D eigenvalue weighted by Gasteiger charge is -2.20. The molecule has 0 amide bonds. The summed E-state index contributed by atoms with van der Waals surface area (Å²) in [5, 5.41) is 0. The molecule has 0 fully saturated rings. The summed E-state index contributed by atoms with van der Waals surface area (Å²) in [7, 11) is -0.602. The van der Waals surface area contributed by atoms with E-state index in [1.807, 2.05) is 12.1 Å². The van der Waals surface area contributed by atoms with Crippen LogP contribution in [0.5, 0.6) is 0 Å². The number of hydrogen-bond acceptors (Lipinski definition) is 4. The Bertz CT molecular complexity index is 360. The van der Waals surface area contributed by atoms with E-state index in [4.69, 9.17) is 14.8 Å². The molecule has 15 heavy (non-hydrogen) atoms. The highest BCUT2D eigenvalue weighted by atomic mass is 79.9. The van der Waals surface area contributed by atoms with Gasteiger partial charge < -0.3 is 14.8 Å². The van der Waals surface area contributed by atoms with E-state index < -0.39 is 13.4 Å². The van der Waals surface area contributed by atoms with Crippen LogP contribution in [-0.4, -0.2) is 14.2 Å². The van der Waals surface area contributed by atoms with Crippen LogP contribution >= 0.6 is 23.5 Å². The first-order valence-electron chi connectivity index (χ1n) is 4.25. The van der Waals surface area contributed by atoms with E-state index in [0.717, 1.165) is 4.47 Å². The second kappa shape index (κ2) is 5.23. The van der Waals surface area contributed by atoms with Gasteiger partial charge in [0, 0.05) is 18.7 Å². The van der Waals surface area contributed by atoms with Gasteiger partial charge in [-0.25, -0.2) is 0 Å². The third kappa shape index (κ3) is 2.89. The second-order valence-electron chi connectivity index (χ2n) is 2.90. The summed E-state index contributed by atoms with van der Waals surface area (Å²) in [5.41, 5.74) is 6.53. The fraction of sp³-hybridized carbons (Fsp3) is 0.333. The maximum Gasteiger partial charge on any atom is 0.351 e. The number of nitrogens with two attached hydrogens (primary N) is 1. The maximum absolute atomic E-state index is 12.0. The van der Waals surface area contributed by atoms with Crippen LogP contribution < -0.4 is 5.73 Å². The summed E-state index contributed by atoms with van der Waals surface area (Å²) in [6.45, 7) is 0. The summed E-state index contributed by atoms with van der Waals surface area (Å²) in [4.78, 5) is 0. The Labute approximate surface area is 97.4 Å². The van der Waals surface area contributed by atoms with Gasteiger partial charge in [-0.3, -0.25) is 4.57 Å². The molecule has 0 radical (unpaired) electrons. The highest BCUT2D eigenvalue weighted by molar-refractivity contribution is 9.10. The molecule has 0 aromatic heterocycles. The molecule has 0 saturated carbocycles. The molecule has 1 aromatic rings. The van der Waals surface area contributed by atoms with Crippen LogP contribution in [0, 0.1) is 0 Å². The standard InChI is InChI=1S/C9H13BrNO3P/c1-13-15(12,14-2)9(11)7-3-5-8(10)6-4-7/h3-6,9H,11H2,1-2H3. The van der Waals surface area contributed by atoms with Crippen molar-refractivity contribution in [2.24, 2.45) is 5.73 Å². The quantitative estimate of drug-likeness (QED) is 0.867. The van der Waals surface area contributed by atoms with Crippen molar-refractivity contribution in [3.8, 4) is 0 Å². The van der Waals surface area contributed by atoms with E-state index in [9.17, 15) is 4.57 Å². The van der Waals surface area contributed by atoms with E-state index in [1.165, 1.54) is 14.2 Å². The molecule has 2 N–H and O–H groups in total. The summed E-state index contributed by atoms with van der Waals surface area (Å²) in [5.74, 6) is -0.763. The molecule has 0 spiro atoms. The van der Waals surface area contributed by atoms with Crippen molar-refractivity contribution in [1.29, 1.82) is 0 Å². The first-order chi connectivity index (χ1) is 7.03. The lowest BCUT2D eigenvalue weighted by Crippen LogP contribution is -2.12. The molecule has 0 heterocycles. The smallest absolute Gasteiger partial charge is 0.314 e. The molecule has 1 atom stereocenters. The second-order valence-corrected chi connectivity index (χ2v) is 6.18. The van der Waals surface area contributed by atoms with Gasteiger partial charge in [0.15, 0.2) is 0 Å². The lowest BCUT2D eigenvalue weighted by atomic mass is 10.2. The lowest BCUT2D eigenvalue weighted by molar-refractivity contribution is 0.266. The third-order valence-corrected chi connectivity index (χ3v) is 4.59. The van der Waals surface area contributed by atoms with Crippen molar-refractivity contribution in [2.45, 2.75) is 5.78 Å². The van der Waals surface area contributed by atoms with Crippen molar-refractivity contribution in [3.05, 3.63) is 34.3 Å². The molecule has 0 aliphatic carbocycles. The molecule has 6 heteroatoms. The van der Waals surface area contributed by atoms with Crippen molar-refractivity contribution in [2.75, 3.05) is 14.2 Å². The van der Waals surface area contributed by atoms with Gasteiger partial charge in [-0.1, -0.05) is 28.1 Å². The third-order valence-electron chi connectivity index (χ3n) is 2.06. The zero-order chi connectivity index (χ0) is 11.5. The highest BCUT2D eigenvalue weighted by Gasteiger charge is 2.31. The fourth-order valence-corrected chi connectivity index (χ4v) is 2.55. The Hall–Kier alpha value is -0.190. The highest BCUT2D eigenvalue weighted by Crippen LogP contribution is 2.56. The average Bonchev–Trinajstić information content (AvgIpc) is 2.28. The predicted molar refractivity (Wildman–Crippen MR) is 62.7 cm³/mol. The first-order valence-corrected chi connectivity index (χ1v) is 6.66. The molecule has 1 rings (SSSR count). The van der Waals surface area contributed by atoms with Gasteiger partial charge >= 0.3 is 7.60 Å². The van der Waals surface area contributed by atoms with Crippen LogP contribution in [0.15, 0.2) is 28.7 Å². The summed E-state index contributed by atoms with van der Waals surface area (Å²) >= 11 is 3.31. The van der Waals surface area contributed by atoms with Gasteiger partial charge in [0.25, 0.3) is 0 Å². The summed E-state index contributed by atoms with van der Waals surface area (Å²) < 4.78 is 22.5. The normalized spacial score (nSPS) is 13.9. The monoisotopic (exact) mass is 293 g/mol. The van der Waals surface area contributed by atoms with Crippen LogP contribution in [0.1, 0.15) is 11.3 Å². The minimum atomic E-state index is -3.25. The number of halogens is 1. The van der Waals surface area contributed by atoms with E-state index in [1.54, 1.807) is 12.1 Å². The van der Waals surface area contributed by atoms with Gasteiger partial charge in [0.05, 0.1) is 0 Å². The average molecular weight is 294 g/mol. The van der Waals surface area contributed by atoms with Crippen molar-refractivity contribution < 1.29 is 13.6 Å². The number of benzene rings is 1. The molecule has 1 unspecified atom stereocenters. The molecule has 0 saturated heterocycles. The Morgan fingerprint density at radius 2 is 1.73 bits per heavy atom. The van der Waals surface area contributed by atoms with Crippen LogP contribution in [0.2, 0.25) is 0 Å².